The summed E-state index contributed by atoms with van der Waals surface area (Å²) in [5, 5.41) is 19.0. The third-order valence-corrected chi connectivity index (χ3v) is 6.15. The summed E-state index contributed by atoms with van der Waals surface area (Å²) in [5.41, 5.74) is 3.39. The third kappa shape index (κ3) is 2.80. The predicted molar refractivity (Wildman–Crippen MR) is 111 cm³/mol. The summed E-state index contributed by atoms with van der Waals surface area (Å²) < 4.78 is 7.33. The van der Waals surface area contributed by atoms with Crippen LogP contribution in [0.25, 0.3) is 11.4 Å². The van der Waals surface area contributed by atoms with Crippen molar-refractivity contribution >= 4 is 17.3 Å². The van der Waals surface area contributed by atoms with Crippen LogP contribution in [0.5, 0.6) is 5.75 Å². The molecular formula is C21H23N7O2. The molecule has 0 radical (unpaired) electrons. The molecule has 0 aliphatic heterocycles. The van der Waals surface area contributed by atoms with Crippen LogP contribution in [0.3, 0.4) is 0 Å². The number of anilines is 2. The molecule has 3 saturated carbocycles. The topological polar surface area (TPSA) is 107 Å². The number of amides is 1. The Bertz CT molecular complexity index is 1120. The average molecular weight is 405 g/mol. The van der Waals surface area contributed by atoms with Crippen LogP contribution < -0.4 is 15.4 Å². The molecule has 1 aromatic carbocycles. The van der Waals surface area contributed by atoms with E-state index in [9.17, 15) is 4.79 Å². The number of nitrogens with zero attached hydrogens (tertiary/aromatic N) is 5. The molecule has 2 bridgehead atoms. The molecule has 3 aliphatic rings. The van der Waals surface area contributed by atoms with E-state index in [-0.39, 0.29) is 17.0 Å². The maximum Gasteiger partial charge on any atom is 0.273 e. The number of methoxy groups -OCH3 is 1. The molecule has 2 aromatic heterocycles. The van der Waals surface area contributed by atoms with Crippen LogP contribution in [0.4, 0.5) is 11.4 Å². The van der Waals surface area contributed by atoms with Gasteiger partial charge in [0.15, 0.2) is 17.3 Å². The Morgan fingerprint density at radius 1 is 1.23 bits per heavy atom. The highest BCUT2D eigenvalue weighted by Crippen LogP contribution is 2.64. The minimum absolute atomic E-state index is 0.138. The maximum atomic E-state index is 12.4. The van der Waals surface area contributed by atoms with Crippen molar-refractivity contribution in [2.75, 3.05) is 19.5 Å². The molecule has 3 aromatic rings. The second kappa shape index (κ2) is 6.79. The highest BCUT2D eigenvalue weighted by Gasteiger charge is 2.58. The first kappa shape index (κ1) is 18.5. The molecule has 0 atom stereocenters. The molecule has 30 heavy (non-hydrogen) atoms. The van der Waals surface area contributed by atoms with Gasteiger partial charge >= 0.3 is 0 Å². The van der Waals surface area contributed by atoms with Crippen LogP contribution in [0.1, 0.15) is 35.4 Å². The highest BCUT2D eigenvalue weighted by atomic mass is 16.5. The average Bonchev–Trinajstić information content (AvgIpc) is 3.11. The number of aryl methyl sites for hydroxylation is 1. The minimum atomic E-state index is -0.296. The van der Waals surface area contributed by atoms with Gasteiger partial charge in [0.05, 0.1) is 29.7 Å². The molecular weight excluding hydrogens is 382 g/mol. The quantitative estimate of drug-likeness (QED) is 0.649. The number of rotatable bonds is 6. The number of nitrogens with one attached hydrogen (secondary N) is 2. The molecule has 154 valence electrons. The van der Waals surface area contributed by atoms with E-state index in [2.05, 4.69) is 30.9 Å². The SMILES string of the molecule is CNC(=O)c1nnc(C23CC(C2)C3)cc1Nc1cccc(-c2ncn(C)n2)c1OC. The lowest BCUT2D eigenvalue weighted by Crippen LogP contribution is -2.55. The number of aromatic nitrogens is 5. The van der Waals surface area contributed by atoms with Gasteiger partial charge < -0.3 is 15.4 Å². The number of para-hydroxylation sites is 1. The molecule has 6 rings (SSSR count). The van der Waals surface area contributed by atoms with Crippen molar-refractivity contribution in [3.05, 3.63) is 42.0 Å². The van der Waals surface area contributed by atoms with Gasteiger partial charge in [-0.15, -0.1) is 5.10 Å². The number of carbonyl (C=O) groups excluding carboxylic acids is 1. The van der Waals surface area contributed by atoms with Gasteiger partial charge in [-0.1, -0.05) is 6.07 Å². The molecule has 3 fully saturated rings. The van der Waals surface area contributed by atoms with E-state index in [1.165, 1.54) is 0 Å². The Morgan fingerprint density at radius 3 is 2.63 bits per heavy atom. The standard InChI is InChI=1S/C21H23N7O2/c1-22-20(29)17-15(7-16(25-26-17)21-8-12(9-21)10-21)24-14-6-4-5-13(18(14)30-3)19-23-11-28(2)27-19/h4-7,11-12H,8-10H2,1-3H3,(H,22,29)(H,24,25). The molecule has 0 unspecified atom stereocenters. The molecule has 0 spiro atoms. The van der Waals surface area contributed by atoms with Crippen LogP contribution in [0, 0.1) is 5.92 Å². The second-order valence-corrected chi connectivity index (χ2v) is 8.08. The normalized spacial score (nSPS) is 21.4. The van der Waals surface area contributed by atoms with E-state index in [1.807, 2.05) is 31.3 Å². The Hall–Kier alpha value is -3.49. The first-order valence-electron chi connectivity index (χ1n) is 9.93. The van der Waals surface area contributed by atoms with Crippen molar-refractivity contribution in [3.63, 3.8) is 0 Å². The Kier molecular flexibility index (Phi) is 4.19. The molecule has 2 N–H and O–H groups in total. The molecule has 1 amide bonds. The molecule has 2 heterocycles. The van der Waals surface area contributed by atoms with Crippen molar-refractivity contribution in [2.24, 2.45) is 13.0 Å². The van der Waals surface area contributed by atoms with Crippen molar-refractivity contribution in [1.29, 1.82) is 0 Å². The van der Waals surface area contributed by atoms with E-state index in [1.54, 1.807) is 25.2 Å². The fourth-order valence-corrected chi connectivity index (χ4v) is 4.46. The number of ether oxygens (including phenoxy) is 1. The lowest BCUT2D eigenvalue weighted by Gasteiger charge is -2.61. The number of hydrogen-bond acceptors (Lipinski definition) is 7. The van der Waals surface area contributed by atoms with Crippen molar-refractivity contribution in [2.45, 2.75) is 24.7 Å². The van der Waals surface area contributed by atoms with Gasteiger partial charge in [0.1, 0.15) is 6.33 Å². The fourth-order valence-electron chi connectivity index (χ4n) is 4.46. The summed E-state index contributed by atoms with van der Waals surface area (Å²) in [6, 6.07) is 7.64. The summed E-state index contributed by atoms with van der Waals surface area (Å²) >= 11 is 0. The number of hydrogen-bond donors (Lipinski definition) is 2. The Labute approximate surface area is 173 Å². The van der Waals surface area contributed by atoms with Gasteiger partial charge in [-0.05, 0) is 43.4 Å². The largest absolute Gasteiger partial charge is 0.494 e. The summed E-state index contributed by atoms with van der Waals surface area (Å²) in [6.45, 7) is 0. The Balaban J connectivity index is 1.56. The zero-order chi connectivity index (χ0) is 20.9. The van der Waals surface area contributed by atoms with Gasteiger partial charge in [0.25, 0.3) is 5.91 Å². The summed E-state index contributed by atoms with van der Waals surface area (Å²) in [6.07, 6.45) is 5.11. The van der Waals surface area contributed by atoms with Crippen LogP contribution in [-0.4, -0.2) is 45.0 Å². The van der Waals surface area contributed by atoms with Crippen molar-refractivity contribution in [3.8, 4) is 17.1 Å². The van der Waals surface area contributed by atoms with E-state index < -0.39 is 0 Å². The molecule has 9 nitrogen and oxygen atoms in total. The van der Waals surface area contributed by atoms with Gasteiger partial charge in [-0.25, -0.2) is 4.98 Å². The molecule has 0 saturated heterocycles. The molecule has 3 aliphatic carbocycles. The first-order chi connectivity index (χ1) is 14.5. The zero-order valence-corrected chi connectivity index (χ0v) is 17.1. The fraction of sp³-hybridized carbons (Fsp3) is 0.381. The van der Waals surface area contributed by atoms with E-state index in [0.29, 0.717) is 22.9 Å². The van der Waals surface area contributed by atoms with Crippen LogP contribution in [0.15, 0.2) is 30.6 Å². The molecule has 9 heteroatoms. The smallest absolute Gasteiger partial charge is 0.273 e. The van der Waals surface area contributed by atoms with Gasteiger partial charge in [0, 0.05) is 19.5 Å². The lowest BCUT2D eigenvalue weighted by atomic mass is 9.43. The predicted octanol–water partition coefficient (Wildman–Crippen LogP) is 2.44. The van der Waals surface area contributed by atoms with Crippen LogP contribution in [-0.2, 0) is 12.5 Å². The maximum absolute atomic E-state index is 12.4. The van der Waals surface area contributed by atoms with E-state index >= 15 is 0 Å². The van der Waals surface area contributed by atoms with Gasteiger partial charge in [-0.3, -0.25) is 9.48 Å². The van der Waals surface area contributed by atoms with E-state index in [4.69, 9.17) is 4.74 Å². The van der Waals surface area contributed by atoms with Gasteiger partial charge in [0.2, 0.25) is 0 Å². The summed E-state index contributed by atoms with van der Waals surface area (Å²) in [7, 11) is 5.00. The number of benzene rings is 1. The Morgan fingerprint density at radius 2 is 2.03 bits per heavy atom. The van der Waals surface area contributed by atoms with Crippen LogP contribution >= 0.6 is 0 Å². The summed E-state index contributed by atoms with van der Waals surface area (Å²) in [5.74, 6) is 1.68. The van der Waals surface area contributed by atoms with Gasteiger partial charge in [-0.2, -0.15) is 10.2 Å². The first-order valence-corrected chi connectivity index (χ1v) is 9.93. The summed E-state index contributed by atoms with van der Waals surface area (Å²) in [4.78, 5) is 16.7. The second-order valence-electron chi connectivity index (χ2n) is 8.08. The minimum Gasteiger partial charge on any atom is -0.494 e. The highest BCUT2D eigenvalue weighted by molar-refractivity contribution is 5.98. The van der Waals surface area contributed by atoms with Crippen molar-refractivity contribution < 1.29 is 9.53 Å². The van der Waals surface area contributed by atoms with Crippen molar-refractivity contribution in [1.82, 2.24) is 30.3 Å². The number of carbonyl (C=O) groups is 1. The lowest BCUT2D eigenvalue weighted by molar-refractivity contribution is -0.0315. The van der Waals surface area contributed by atoms with E-state index in [0.717, 1.165) is 36.4 Å². The zero-order valence-electron chi connectivity index (χ0n) is 17.1. The van der Waals surface area contributed by atoms with Crippen LogP contribution in [0.2, 0.25) is 0 Å². The monoisotopic (exact) mass is 405 g/mol. The third-order valence-electron chi connectivity index (χ3n) is 6.15.